The predicted octanol–water partition coefficient (Wildman–Crippen LogP) is 2.04. The summed E-state index contributed by atoms with van der Waals surface area (Å²) >= 11 is 0. The molecular formula is C14H18N2O. The second-order valence-electron chi connectivity index (χ2n) is 4.60. The molecule has 0 bridgehead atoms. The molecule has 0 heterocycles. The minimum absolute atomic E-state index is 0.00388. The van der Waals surface area contributed by atoms with E-state index in [0.717, 1.165) is 24.1 Å². The average Bonchev–Trinajstić information content (AvgIpc) is 3.11. The van der Waals surface area contributed by atoms with Gasteiger partial charge in [0.1, 0.15) is 0 Å². The van der Waals surface area contributed by atoms with Crippen molar-refractivity contribution in [3.05, 3.63) is 35.9 Å². The van der Waals surface area contributed by atoms with E-state index < -0.39 is 0 Å². The van der Waals surface area contributed by atoms with Gasteiger partial charge in [0.15, 0.2) is 0 Å². The van der Waals surface area contributed by atoms with Gasteiger partial charge in [0.2, 0.25) is 5.91 Å². The van der Waals surface area contributed by atoms with Gasteiger partial charge in [-0.2, -0.15) is 0 Å². The summed E-state index contributed by atoms with van der Waals surface area (Å²) in [6.07, 6.45) is 5.69. The Bertz CT molecular complexity index is 416. The molecule has 1 fully saturated rings. The van der Waals surface area contributed by atoms with Gasteiger partial charge in [-0.25, -0.2) is 0 Å². The summed E-state index contributed by atoms with van der Waals surface area (Å²) in [5, 5.41) is 2.92. The first-order chi connectivity index (χ1) is 8.15. The maximum absolute atomic E-state index is 11.4. The second-order valence-corrected chi connectivity index (χ2v) is 4.60. The summed E-state index contributed by atoms with van der Waals surface area (Å²) in [6.45, 7) is 0. The Hall–Kier alpha value is -1.77. The van der Waals surface area contributed by atoms with Crippen molar-refractivity contribution < 1.29 is 4.79 Å². The van der Waals surface area contributed by atoms with Gasteiger partial charge < -0.3 is 10.2 Å². The molecule has 0 unspecified atom stereocenters. The average molecular weight is 230 g/mol. The molecular weight excluding hydrogens is 212 g/mol. The summed E-state index contributed by atoms with van der Waals surface area (Å²) < 4.78 is 0. The minimum Gasteiger partial charge on any atom is -0.378 e. The van der Waals surface area contributed by atoms with Gasteiger partial charge in [-0.3, -0.25) is 4.79 Å². The third-order valence-corrected chi connectivity index (χ3v) is 2.76. The Labute approximate surface area is 102 Å². The summed E-state index contributed by atoms with van der Waals surface area (Å²) in [6, 6.07) is 8.52. The highest BCUT2D eigenvalue weighted by atomic mass is 16.1. The molecule has 1 aliphatic rings. The molecule has 1 aromatic rings. The summed E-state index contributed by atoms with van der Waals surface area (Å²) in [7, 11) is 4.02. The Morgan fingerprint density at radius 1 is 1.29 bits per heavy atom. The number of benzene rings is 1. The van der Waals surface area contributed by atoms with Crippen LogP contribution in [0.25, 0.3) is 6.08 Å². The second kappa shape index (κ2) is 5.04. The van der Waals surface area contributed by atoms with Crippen molar-refractivity contribution in [1.82, 2.24) is 5.32 Å². The van der Waals surface area contributed by atoms with Crippen LogP contribution >= 0.6 is 0 Å². The third kappa shape index (κ3) is 3.63. The molecule has 17 heavy (non-hydrogen) atoms. The topological polar surface area (TPSA) is 32.3 Å². The van der Waals surface area contributed by atoms with Gasteiger partial charge in [0.05, 0.1) is 0 Å². The smallest absolute Gasteiger partial charge is 0.244 e. The van der Waals surface area contributed by atoms with Gasteiger partial charge in [0.25, 0.3) is 0 Å². The number of carbonyl (C=O) groups is 1. The van der Waals surface area contributed by atoms with Gasteiger partial charge in [0, 0.05) is 31.9 Å². The fourth-order valence-electron chi connectivity index (χ4n) is 1.53. The van der Waals surface area contributed by atoms with Crippen molar-refractivity contribution in [2.45, 2.75) is 18.9 Å². The lowest BCUT2D eigenvalue weighted by Gasteiger charge is -2.11. The highest BCUT2D eigenvalue weighted by Crippen LogP contribution is 2.18. The summed E-state index contributed by atoms with van der Waals surface area (Å²) in [4.78, 5) is 13.5. The van der Waals surface area contributed by atoms with Crippen LogP contribution in [0.3, 0.4) is 0 Å². The predicted molar refractivity (Wildman–Crippen MR) is 71.0 cm³/mol. The van der Waals surface area contributed by atoms with Crippen molar-refractivity contribution in [1.29, 1.82) is 0 Å². The zero-order valence-electron chi connectivity index (χ0n) is 10.3. The maximum atomic E-state index is 11.4. The first-order valence-corrected chi connectivity index (χ1v) is 5.91. The number of nitrogens with one attached hydrogen (secondary N) is 1. The van der Waals surface area contributed by atoms with Crippen molar-refractivity contribution >= 4 is 17.7 Å². The summed E-state index contributed by atoms with van der Waals surface area (Å²) in [5.41, 5.74) is 2.20. The number of anilines is 1. The first kappa shape index (κ1) is 11.7. The lowest BCUT2D eigenvalue weighted by atomic mass is 10.2. The number of nitrogens with zero attached hydrogens (tertiary/aromatic N) is 1. The zero-order valence-corrected chi connectivity index (χ0v) is 10.3. The van der Waals surface area contributed by atoms with E-state index in [1.807, 2.05) is 49.3 Å². The van der Waals surface area contributed by atoms with E-state index in [9.17, 15) is 4.79 Å². The standard InChI is InChI=1S/C14H18N2O/c1-16(2)13-8-3-11(4-9-13)5-10-14(17)15-12-6-7-12/h3-5,8-10,12H,6-7H2,1-2H3,(H,15,17). The number of hydrogen-bond acceptors (Lipinski definition) is 2. The van der Waals surface area contributed by atoms with Crippen LogP contribution < -0.4 is 10.2 Å². The molecule has 0 spiro atoms. The van der Waals surface area contributed by atoms with E-state index in [1.54, 1.807) is 6.08 Å². The quantitative estimate of drug-likeness (QED) is 0.803. The third-order valence-electron chi connectivity index (χ3n) is 2.76. The van der Waals surface area contributed by atoms with Gasteiger partial charge >= 0.3 is 0 Å². The Kier molecular flexibility index (Phi) is 3.47. The van der Waals surface area contributed by atoms with Gasteiger partial charge in [-0.1, -0.05) is 12.1 Å². The Morgan fingerprint density at radius 2 is 1.94 bits per heavy atom. The van der Waals surface area contributed by atoms with Crippen molar-refractivity contribution in [3.63, 3.8) is 0 Å². The normalized spacial score (nSPS) is 14.9. The molecule has 0 radical (unpaired) electrons. The number of carbonyl (C=O) groups excluding carboxylic acids is 1. The molecule has 1 saturated carbocycles. The fourth-order valence-corrected chi connectivity index (χ4v) is 1.53. The molecule has 0 aromatic heterocycles. The lowest BCUT2D eigenvalue weighted by molar-refractivity contribution is -0.116. The van der Waals surface area contributed by atoms with Crippen LogP contribution in [0.15, 0.2) is 30.3 Å². The van der Waals surface area contributed by atoms with E-state index in [2.05, 4.69) is 5.32 Å². The zero-order chi connectivity index (χ0) is 12.3. The molecule has 0 saturated heterocycles. The van der Waals surface area contributed by atoms with E-state index >= 15 is 0 Å². The molecule has 0 atom stereocenters. The van der Waals surface area contributed by atoms with Crippen molar-refractivity contribution in [3.8, 4) is 0 Å². The molecule has 1 aromatic carbocycles. The maximum Gasteiger partial charge on any atom is 0.244 e. The van der Waals surface area contributed by atoms with E-state index in [4.69, 9.17) is 0 Å². The Morgan fingerprint density at radius 3 is 2.47 bits per heavy atom. The van der Waals surface area contributed by atoms with E-state index in [0.29, 0.717) is 6.04 Å². The molecule has 1 aliphatic carbocycles. The Balaban J connectivity index is 1.92. The molecule has 3 heteroatoms. The molecule has 3 nitrogen and oxygen atoms in total. The number of rotatable bonds is 4. The van der Waals surface area contributed by atoms with Crippen molar-refractivity contribution in [2.24, 2.45) is 0 Å². The van der Waals surface area contributed by atoms with Crippen molar-refractivity contribution in [2.75, 3.05) is 19.0 Å². The molecule has 1 amide bonds. The van der Waals surface area contributed by atoms with Gasteiger partial charge in [-0.05, 0) is 36.6 Å². The first-order valence-electron chi connectivity index (χ1n) is 5.91. The van der Waals surface area contributed by atoms with E-state index in [-0.39, 0.29) is 5.91 Å². The van der Waals surface area contributed by atoms with Crippen LogP contribution in [0, 0.1) is 0 Å². The minimum atomic E-state index is 0.00388. The van der Waals surface area contributed by atoms with E-state index in [1.165, 1.54) is 0 Å². The van der Waals surface area contributed by atoms with Crippen LogP contribution in [0.5, 0.6) is 0 Å². The number of amides is 1. The molecule has 0 aliphatic heterocycles. The van der Waals surface area contributed by atoms with Crippen LogP contribution in [-0.2, 0) is 4.79 Å². The largest absolute Gasteiger partial charge is 0.378 e. The van der Waals surface area contributed by atoms with Crippen LogP contribution in [0.1, 0.15) is 18.4 Å². The van der Waals surface area contributed by atoms with Crippen LogP contribution in [0.4, 0.5) is 5.69 Å². The summed E-state index contributed by atoms with van der Waals surface area (Å²) in [5.74, 6) is 0.00388. The SMILES string of the molecule is CN(C)c1ccc(C=CC(=O)NC2CC2)cc1. The van der Waals surface area contributed by atoms with Gasteiger partial charge in [-0.15, -0.1) is 0 Å². The fraction of sp³-hybridized carbons (Fsp3) is 0.357. The van der Waals surface area contributed by atoms with Crippen LogP contribution in [-0.4, -0.2) is 26.0 Å². The van der Waals surface area contributed by atoms with Crippen LogP contribution in [0.2, 0.25) is 0 Å². The lowest BCUT2D eigenvalue weighted by Crippen LogP contribution is -2.22. The number of hydrogen-bond donors (Lipinski definition) is 1. The highest BCUT2D eigenvalue weighted by Gasteiger charge is 2.21. The monoisotopic (exact) mass is 230 g/mol. The molecule has 1 N–H and O–H groups in total. The highest BCUT2D eigenvalue weighted by molar-refractivity contribution is 5.92. The molecule has 90 valence electrons. The molecule has 2 rings (SSSR count).